The first-order valence-corrected chi connectivity index (χ1v) is 6.35. The zero-order chi connectivity index (χ0) is 15.1. The quantitative estimate of drug-likeness (QED) is 0.712. The van der Waals surface area contributed by atoms with Crippen molar-refractivity contribution in [3.05, 3.63) is 29.1 Å². The molecule has 108 valence electrons. The highest BCUT2D eigenvalue weighted by atomic mass is 16.4. The van der Waals surface area contributed by atoms with Gasteiger partial charge < -0.3 is 10.0 Å². The van der Waals surface area contributed by atoms with Crippen LogP contribution in [0.25, 0.3) is 0 Å². The zero-order valence-electron chi connectivity index (χ0n) is 10.8. The monoisotopic (exact) mass is 289 g/mol. The molecule has 0 bridgehead atoms. The Morgan fingerprint density at radius 1 is 1.38 bits per heavy atom. The van der Waals surface area contributed by atoms with E-state index in [0.717, 1.165) is 0 Å². The van der Waals surface area contributed by atoms with Gasteiger partial charge in [0.25, 0.3) is 5.91 Å². The maximum atomic E-state index is 12.3. The summed E-state index contributed by atoms with van der Waals surface area (Å²) in [5.74, 6) is -2.54. The second-order valence-corrected chi connectivity index (χ2v) is 4.89. The molecule has 1 unspecified atom stereocenters. The van der Waals surface area contributed by atoms with Gasteiger partial charge in [-0.05, 0) is 12.5 Å². The average molecular weight is 289 g/mol. The summed E-state index contributed by atoms with van der Waals surface area (Å²) in [5, 5.41) is 11.3. The molecule has 1 saturated heterocycles. The fraction of sp³-hybridized carbons (Fsp3) is 0.308. The minimum absolute atomic E-state index is 0.00291. The molecule has 21 heavy (non-hydrogen) atoms. The number of rotatable bonds is 2. The number of nitrogens with zero attached hydrogens (tertiary/aromatic N) is 2. The number of imide groups is 1. The van der Waals surface area contributed by atoms with Crippen molar-refractivity contribution in [2.75, 3.05) is 0 Å². The summed E-state index contributed by atoms with van der Waals surface area (Å²) in [6.07, 6.45) is 1.64. The topological polar surface area (TPSA) is 117 Å². The first-order chi connectivity index (χ1) is 9.99. The van der Waals surface area contributed by atoms with Crippen LogP contribution in [-0.4, -0.2) is 44.7 Å². The van der Waals surface area contributed by atoms with Crippen LogP contribution in [0.15, 0.2) is 12.3 Å². The number of carboxylic acid groups (broad SMARTS) is 1. The first-order valence-electron chi connectivity index (χ1n) is 6.35. The second-order valence-electron chi connectivity index (χ2n) is 4.89. The molecule has 8 heteroatoms. The molecule has 0 radical (unpaired) electrons. The number of carboxylic acids is 1. The van der Waals surface area contributed by atoms with E-state index in [1.807, 2.05) is 0 Å². The van der Waals surface area contributed by atoms with Gasteiger partial charge in [0, 0.05) is 18.2 Å². The Morgan fingerprint density at radius 2 is 2.14 bits per heavy atom. The molecule has 0 spiro atoms. The first kappa shape index (κ1) is 13.2. The number of aromatic nitrogens is 1. The van der Waals surface area contributed by atoms with Crippen LogP contribution in [0.2, 0.25) is 0 Å². The molecule has 0 aromatic carbocycles. The molecule has 2 aliphatic heterocycles. The molecule has 1 fully saturated rings. The molecular weight excluding hydrogens is 278 g/mol. The molecule has 0 saturated carbocycles. The molecule has 2 N–H and O–H groups in total. The Bertz CT molecular complexity index is 684. The summed E-state index contributed by atoms with van der Waals surface area (Å²) in [6, 6.07) is 0.550. The van der Waals surface area contributed by atoms with Crippen LogP contribution in [0.3, 0.4) is 0 Å². The number of piperidine rings is 1. The molecule has 3 heterocycles. The minimum Gasteiger partial charge on any atom is -0.478 e. The third-order valence-corrected chi connectivity index (χ3v) is 3.66. The number of pyridine rings is 1. The fourth-order valence-corrected chi connectivity index (χ4v) is 2.65. The summed E-state index contributed by atoms with van der Waals surface area (Å²) in [4.78, 5) is 51.7. The van der Waals surface area contributed by atoms with Gasteiger partial charge in [-0.1, -0.05) is 0 Å². The van der Waals surface area contributed by atoms with Gasteiger partial charge in [-0.25, -0.2) is 4.79 Å². The van der Waals surface area contributed by atoms with E-state index in [1.165, 1.54) is 17.2 Å². The highest BCUT2D eigenvalue weighted by Crippen LogP contribution is 2.28. The third kappa shape index (κ3) is 2.04. The molecule has 8 nitrogen and oxygen atoms in total. The number of hydrogen-bond donors (Lipinski definition) is 2. The van der Waals surface area contributed by atoms with E-state index in [0.29, 0.717) is 5.56 Å². The van der Waals surface area contributed by atoms with Gasteiger partial charge in [0.1, 0.15) is 11.7 Å². The van der Waals surface area contributed by atoms with E-state index in [-0.39, 0.29) is 36.6 Å². The van der Waals surface area contributed by atoms with Crippen molar-refractivity contribution in [1.29, 1.82) is 0 Å². The molecule has 3 amide bonds. The van der Waals surface area contributed by atoms with E-state index >= 15 is 0 Å². The Labute approximate surface area is 118 Å². The van der Waals surface area contributed by atoms with Gasteiger partial charge in [0.15, 0.2) is 0 Å². The van der Waals surface area contributed by atoms with Crippen molar-refractivity contribution in [2.45, 2.75) is 25.4 Å². The number of nitrogens with one attached hydrogen (secondary N) is 1. The third-order valence-electron chi connectivity index (χ3n) is 3.66. The van der Waals surface area contributed by atoms with Gasteiger partial charge >= 0.3 is 5.97 Å². The zero-order valence-corrected chi connectivity index (χ0v) is 10.8. The van der Waals surface area contributed by atoms with Crippen LogP contribution >= 0.6 is 0 Å². The van der Waals surface area contributed by atoms with Gasteiger partial charge in [0.2, 0.25) is 11.8 Å². The second kappa shape index (κ2) is 4.65. The highest BCUT2D eigenvalue weighted by molar-refractivity contribution is 6.06. The number of fused-ring (bicyclic) bond motifs is 1. The van der Waals surface area contributed by atoms with Gasteiger partial charge in [-0.3, -0.25) is 24.7 Å². The van der Waals surface area contributed by atoms with E-state index in [4.69, 9.17) is 5.11 Å². The minimum atomic E-state index is -1.15. The smallest absolute Gasteiger partial charge is 0.336 e. The molecule has 0 aliphatic carbocycles. The van der Waals surface area contributed by atoms with E-state index in [1.54, 1.807) is 0 Å². The Balaban J connectivity index is 1.94. The standard InChI is InChI=1S/C13H11N3O5/c17-9-2-1-8(11(18)15-9)16-5-7-6(13(20)21)3-4-14-10(7)12(16)19/h3-4,8H,1-2,5H2,(H,20,21)(H,15,17,18). The molecule has 3 rings (SSSR count). The lowest BCUT2D eigenvalue weighted by Crippen LogP contribution is -2.52. The van der Waals surface area contributed by atoms with Crippen molar-refractivity contribution < 1.29 is 24.3 Å². The molecule has 1 atom stereocenters. The maximum absolute atomic E-state index is 12.3. The number of amides is 3. The van der Waals surface area contributed by atoms with Crippen LogP contribution in [0.1, 0.15) is 39.3 Å². The molecule has 1 aromatic rings. The van der Waals surface area contributed by atoms with Crippen molar-refractivity contribution in [2.24, 2.45) is 0 Å². The van der Waals surface area contributed by atoms with Crippen LogP contribution in [-0.2, 0) is 16.1 Å². The lowest BCUT2D eigenvalue weighted by Gasteiger charge is -2.29. The molecular formula is C13H11N3O5. The summed E-state index contributed by atoms with van der Waals surface area (Å²) in [7, 11) is 0. The summed E-state index contributed by atoms with van der Waals surface area (Å²) in [6.45, 7) is 0.00984. The van der Waals surface area contributed by atoms with Crippen molar-refractivity contribution in [3.8, 4) is 0 Å². The normalized spacial score (nSPS) is 21.2. The predicted molar refractivity (Wildman–Crippen MR) is 67.2 cm³/mol. The number of carbonyl (C=O) groups is 4. The number of carbonyl (C=O) groups excluding carboxylic acids is 3. The van der Waals surface area contributed by atoms with Gasteiger partial charge in [-0.15, -0.1) is 0 Å². The van der Waals surface area contributed by atoms with Crippen molar-refractivity contribution in [3.63, 3.8) is 0 Å². The highest BCUT2D eigenvalue weighted by Gasteiger charge is 2.41. The summed E-state index contributed by atoms with van der Waals surface area (Å²) in [5.41, 5.74) is 0.363. The van der Waals surface area contributed by atoms with Crippen LogP contribution in [0.5, 0.6) is 0 Å². The van der Waals surface area contributed by atoms with Gasteiger partial charge in [0.05, 0.1) is 12.1 Å². The lowest BCUT2D eigenvalue weighted by atomic mass is 10.0. The Hall–Kier alpha value is -2.77. The van der Waals surface area contributed by atoms with Crippen LogP contribution in [0, 0.1) is 0 Å². The van der Waals surface area contributed by atoms with E-state index in [2.05, 4.69) is 10.3 Å². The Kier molecular flexibility index (Phi) is 2.93. The lowest BCUT2D eigenvalue weighted by molar-refractivity contribution is -0.136. The molecule has 1 aromatic heterocycles. The largest absolute Gasteiger partial charge is 0.478 e. The predicted octanol–water partition coefficient (Wildman–Crippen LogP) is -0.459. The average Bonchev–Trinajstić information content (AvgIpc) is 2.76. The van der Waals surface area contributed by atoms with Crippen LogP contribution < -0.4 is 5.32 Å². The van der Waals surface area contributed by atoms with E-state index < -0.39 is 23.8 Å². The van der Waals surface area contributed by atoms with Crippen molar-refractivity contribution in [1.82, 2.24) is 15.2 Å². The SMILES string of the molecule is O=C1CCC(N2Cc3c(C(=O)O)ccnc3C2=O)C(=O)N1. The Morgan fingerprint density at radius 3 is 2.81 bits per heavy atom. The summed E-state index contributed by atoms with van der Waals surface area (Å²) < 4.78 is 0. The molecule has 2 aliphatic rings. The number of hydrogen-bond acceptors (Lipinski definition) is 5. The van der Waals surface area contributed by atoms with Crippen LogP contribution in [0.4, 0.5) is 0 Å². The maximum Gasteiger partial charge on any atom is 0.336 e. The van der Waals surface area contributed by atoms with Gasteiger partial charge in [-0.2, -0.15) is 0 Å². The van der Waals surface area contributed by atoms with E-state index in [9.17, 15) is 19.2 Å². The number of aromatic carboxylic acids is 1. The fourth-order valence-electron chi connectivity index (χ4n) is 2.65. The summed E-state index contributed by atoms with van der Waals surface area (Å²) >= 11 is 0. The van der Waals surface area contributed by atoms with Crippen molar-refractivity contribution >= 4 is 23.7 Å².